The number of alkyl halides is 5. The van der Waals surface area contributed by atoms with E-state index in [9.17, 15) is 31.0 Å². The standard InChI is InChI=1S/C21H22ClF5N4O2S/c1-12-15(19(32)29-13-5-3-6-14(11-13)34(2,28)33)18(30-17(16(12)22)21(25,26)27)31-9-4-7-20(23,24)8-10-31/h3,5-6,11,28H,4,7-10H2,1-2H3,(H,29,32)/t34-/m0/s1. The highest BCUT2D eigenvalue weighted by Crippen LogP contribution is 2.40. The zero-order valence-electron chi connectivity index (χ0n) is 18.2. The molecular weight excluding hydrogens is 503 g/mol. The molecule has 2 N–H and O–H groups in total. The molecule has 3 rings (SSSR count). The predicted octanol–water partition coefficient (Wildman–Crippen LogP) is 5.98. The van der Waals surface area contributed by atoms with Crippen LogP contribution in [-0.4, -0.2) is 40.4 Å². The van der Waals surface area contributed by atoms with Crippen LogP contribution in [0.25, 0.3) is 0 Å². The number of hydrogen-bond donors (Lipinski definition) is 2. The third-order valence-electron chi connectivity index (χ3n) is 5.41. The van der Waals surface area contributed by atoms with E-state index in [-0.39, 0.29) is 47.0 Å². The summed E-state index contributed by atoms with van der Waals surface area (Å²) in [5.74, 6) is -4.23. The molecule has 1 aromatic heterocycles. The van der Waals surface area contributed by atoms with Gasteiger partial charge in [0, 0.05) is 42.8 Å². The van der Waals surface area contributed by atoms with Crippen molar-refractivity contribution in [2.24, 2.45) is 0 Å². The van der Waals surface area contributed by atoms with Crippen molar-refractivity contribution in [3.05, 3.63) is 46.1 Å². The number of halogens is 6. The van der Waals surface area contributed by atoms with Gasteiger partial charge >= 0.3 is 6.18 Å². The van der Waals surface area contributed by atoms with Crippen molar-refractivity contribution in [2.75, 3.05) is 29.6 Å². The van der Waals surface area contributed by atoms with Crippen LogP contribution >= 0.6 is 11.6 Å². The maximum absolute atomic E-state index is 13.9. The van der Waals surface area contributed by atoms with Gasteiger partial charge in [0.15, 0.2) is 5.69 Å². The fraction of sp³-hybridized carbons (Fsp3) is 0.429. The van der Waals surface area contributed by atoms with E-state index in [0.717, 1.165) is 0 Å². The van der Waals surface area contributed by atoms with Crippen LogP contribution in [0, 0.1) is 11.7 Å². The molecule has 1 fully saturated rings. The van der Waals surface area contributed by atoms with E-state index in [0.29, 0.717) is 0 Å². The van der Waals surface area contributed by atoms with Crippen LogP contribution in [0.5, 0.6) is 0 Å². The van der Waals surface area contributed by atoms with Gasteiger partial charge in [-0.2, -0.15) is 13.2 Å². The zero-order chi connectivity index (χ0) is 25.5. The van der Waals surface area contributed by atoms with Crippen molar-refractivity contribution in [1.82, 2.24) is 4.98 Å². The van der Waals surface area contributed by atoms with Gasteiger partial charge in [-0.25, -0.2) is 22.8 Å². The first-order valence-corrected chi connectivity index (χ1v) is 12.5. The Balaban J connectivity index is 2.10. The number of pyridine rings is 1. The minimum absolute atomic E-state index is 0.00479. The molecule has 1 saturated heterocycles. The summed E-state index contributed by atoms with van der Waals surface area (Å²) >= 11 is 5.94. The lowest BCUT2D eigenvalue weighted by molar-refractivity contribution is -0.141. The van der Waals surface area contributed by atoms with Crippen molar-refractivity contribution in [3.63, 3.8) is 0 Å². The quantitative estimate of drug-likeness (QED) is 0.482. The Morgan fingerprint density at radius 3 is 2.56 bits per heavy atom. The first-order chi connectivity index (χ1) is 15.6. The Morgan fingerprint density at radius 2 is 1.94 bits per heavy atom. The molecule has 0 saturated carbocycles. The molecule has 186 valence electrons. The van der Waals surface area contributed by atoms with Gasteiger partial charge in [0.25, 0.3) is 5.91 Å². The minimum atomic E-state index is -4.93. The summed E-state index contributed by atoms with van der Waals surface area (Å²) in [5.41, 5.74) is -1.75. The molecule has 0 spiro atoms. The molecule has 1 aliphatic rings. The second-order valence-corrected chi connectivity index (χ2v) is 10.7. The van der Waals surface area contributed by atoms with Gasteiger partial charge in [0.1, 0.15) is 5.82 Å². The molecule has 1 amide bonds. The lowest BCUT2D eigenvalue weighted by atomic mass is 10.1. The Bertz CT molecular complexity index is 1220. The number of carbonyl (C=O) groups excluding carboxylic acids is 1. The molecule has 2 heterocycles. The molecule has 1 aromatic carbocycles. The van der Waals surface area contributed by atoms with Gasteiger partial charge in [0.05, 0.1) is 20.3 Å². The van der Waals surface area contributed by atoms with Crippen LogP contribution in [0.2, 0.25) is 5.02 Å². The summed E-state index contributed by atoms with van der Waals surface area (Å²) < 4.78 is 88.2. The van der Waals surface area contributed by atoms with E-state index in [1.165, 1.54) is 42.3 Å². The van der Waals surface area contributed by atoms with Crippen LogP contribution in [0.1, 0.15) is 40.9 Å². The van der Waals surface area contributed by atoms with Gasteiger partial charge in [0.2, 0.25) is 5.92 Å². The molecule has 1 atom stereocenters. The number of amides is 1. The summed E-state index contributed by atoms with van der Waals surface area (Å²) in [6.45, 7) is 0.904. The summed E-state index contributed by atoms with van der Waals surface area (Å²) in [5, 5.41) is 1.74. The number of nitrogens with zero attached hydrogens (tertiary/aromatic N) is 2. The third kappa shape index (κ3) is 5.77. The average molecular weight is 525 g/mol. The fourth-order valence-electron chi connectivity index (χ4n) is 3.64. The van der Waals surface area contributed by atoms with Crippen LogP contribution in [0.3, 0.4) is 0 Å². The number of nitrogens with one attached hydrogen (secondary N) is 2. The molecule has 0 radical (unpaired) electrons. The van der Waals surface area contributed by atoms with Crippen molar-refractivity contribution >= 4 is 38.7 Å². The van der Waals surface area contributed by atoms with Crippen LogP contribution in [0.15, 0.2) is 29.2 Å². The number of hydrogen-bond acceptors (Lipinski definition) is 5. The monoisotopic (exact) mass is 524 g/mol. The van der Waals surface area contributed by atoms with Gasteiger partial charge in [-0.05, 0) is 37.1 Å². The molecule has 0 unspecified atom stereocenters. The Labute approximate surface area is 198 Å². The summed E-state index contributed by atoms with van der Waals surface area (Å²) in [4.78, 5) is 18.2. The fourth-order valence-corrected chi connectivity index (χ4v) is 4.57. The number of carbonyl (C=O) groups is 1. The highest BCUT2D eigenvalue weighted by Gasteiger charge is 2.40. The van der Waals surface area contributed by atoms with Gasteiger partial charge in [-0.1, -0.05) is 17.7 Å². The van der Waals surface area contributed by atoms with Gasteiger partial charge < -0.3 is 10.2 Å². The number of aromatic nitrogens is 1. The SMILES string of the molecule is Cc1c(Cl)c(C(F)(F)F)nc(N2CCCC(F)(F)CC2)c1C(=O)Nc1cccc([S@@](C)(=N)=O)c1. The average Bonchev–Trinajstić information content (AvgIpc) is 2.88. The smallest absolute Gasteiger partial charge is 0.356 e. The maximum Gasteiger partial charge on any atom is 0.434 e. The second kappa shape index (κ2) is 9.29. The van der Waals surface area contributed by atoms with Crippen molar-refractivity contribution in [1.29, 1.82) is 4.78 Å². The Morgan fingerprint density at radius 1 is 1.26 bits per heavy atom. The van der Waals surface area contributed by atoms with Crippen molar-refractivity contribution < 1.29 is 31.0 Å². The predicted molar refractivity (Wildman–Crippen MR) is 119 cm³/mol. The van der Waals surface area contributed by atoms with E-state index in [1.807, 2.05) is 0 Å². The first-order valence-electron chi connectivity index (χ1n) is 10.2. The summed E-state index contributed by atoms with van der Waals surface area (Å²) in [7, 11) is -3.09. The number of rotatable bonds is 4. The highest BCUT2D eigenvalue weighted by molar-refractivity contribution is 7.91. The van der Waals surface area contributed by atoms with Crippen LogP contribution in [-0.2, 0) is 15.9 Å². The zero-order valence-corrected chi connectivity index (χ0v) is 19.8. The summed E-state index contributed by atoms with van der Waals surface area (Å²) in [6, 6.07) is 5.67. The van der Waals surface area contributed by atoms with Gasteiger partial charge in [-0.15, -0.1) is 0 Å². The van der Waals surface area contributed by atoms with E-state index in [2.05, 4.69) is 10.3 Å². The second-order valence-electron chi connectivity index (χ2n) is 8.12. The topological polar surface area (TPSA) is 86.2 Å². The Hall–Kier alpha value is -2.47. The molecule has 34 heavy (non-hydrogen) atoms. The van der Waals surface area contributed by atoms with Crippen LogP contribution < -0.4 is 10.2 Å². The third-order valence-corrected chi connectivity index (χ3v) is 7.02. The molecule has 6 nitrogen and oxygen atoms in total. The van der Waals surface area contributed by atoms with Gasteiger partial charge in [-0.3, -0.25) is 4.79 Å². The van der Waals surface area contributed by atoms with E-state index in [4.69, 9.17) is 16.4 Å². The van der Waals surface area contributed by atoms with E-state index in [1.54, 1.807) is 0 Å². The summed E-state index contributed by atoms with van der Waals surface area (Å²) in [6.07, 6.45) is -4.76. The van der Waals surface area contributed by atoms with Crippen LogP contribution in [0.4, 0.5) is 33.5 Å². The number of anilines is 2. The molecule has 1 aliphatic heterocycles. The molecular formula is C21H22ClF5N4O2S. The maximum atomic E-state index is 13.9. The molecule has 13 heteroatoms. The first kappa shape index (κ1) is 26.1. The molecule has 0 bridgehead atoms. The lowest BCUT2D eigenvalue weighted by Crippen LogP contribution is -2.31. The molecule has 2 aromatic rings. The number of benzene rings is 1. The van der Waals surface area contributed by atoms with E-state index < -0.39 is 51.3 Å². The Kier molecular flexibility index (Phi) is 7.14. The highest BCUT2D eigenvalue weighted by atomic mass is 35.5. The minimum Gasteiger partial charge on any atom is -0.356 e. The molecule has 0 aliphatic carbocycles. The van der Waals surface area contributed by atoms with Crippen molar-refractivity contribution in [3.8, 4) is 0 Å². The lowest BCUT2D eigenvalue weighted by Gasteiger charge is -2.27. The normalized spacial score (nSPS) is 18.2. The largest absolute Gasteiger partial charge is 0.434 e. The van der Waals surface area contributed by atoms with E-state index >= 15 is 0 Å². The van der Waals surface area contributed by atoms with Crippen molar-refractivity contribution in [2.45, 2.75) is 43.2 Å².